The molecule has 1 saturated heterocycles. The second-order valence-electron chi connectivity index (χ2n) is 6.64. The average molecular weight is 218 g/mol. The van der Waals surface area contributed by atoms with E-state index in [1.165, 1.54) is 6.42 Å². The van der Waals surface area contributed by atoms with Gasteiger partial charge in [0.05, 0.1) is 13.2 Å². The molecule has 5 saturated carbocycles. The zero-order valence-electron chi connectivity index (χ0n) is 8.96. The fourth-order valence-electron chi connectivity index (χ4n) is 6.94. The van der Waals surface area contributed by atoms with Crippen LogP contribution < -0.4 is 0 Å². The van der Waals surface area contributed by atoms with E-state index < -0.39 is 0 Å². The minimum atomic E-state index is -0.291. The first-order valence-corrected chi connectivity index (χ1v) is 6.66. The topological polar surface area (TPSA) is 35.5 Å². The third-order valence-corrected chi connectivity index (χ3v) is 6.83. The number of ether oxygens (including phenoxy) is 2. The molecule has 0 aromatic rings. The average Bonchev–Trinajstić information content (AvgIpc) is 2.87. The third kappa shape index (κ3) is 0.458. The normalized spacial score (nSPS) is 69.9. The van der Waals surface area contributed by atoms with Crippen LogP contribution in [0.5, 0.6) is 0 Å². The van der Waals surface area contributed by atoms with Gasteiger partial charge in [0.25, 0.3) is 0 Å². The van der Waals surface area contributed by atoms with Gasteiger partial charge in [-0.05, 0) is 30.1 Å². The van der Waals surface area contributed by atoms with Crippen LogP contribution in [0, 0.1) is 47.3 Å². The maximum absolute atomic E-state index is 12.3. The fourth-order valence-corrected chi connectivity index (χ4v) is 6.94. The van der Waals surface area contributed by atoms with Gasteiger partial charge in [-0.2, -0.15) is 0 Å². The summed E-state index contributed by atoms with van der Waals surface area (Å²) in [4.78, 5) is 12.3. The first-order valence-electron chi connectivity index (χ1n) is 6.66. The van der Waals surface area contributed by atoms with Crippen LogP contribution in [0.2, 0.25) is 0 Å². The maximum atomic E-state index is 12.3. The molecule has 2 bridgehead atoms. The van der Waals surface area contributed by atoms with Gasteiger partial charge in [-0.15, -0.1) is 0 Å². The molecule has 6 fully saturated rings. The molecule has 0 aromatic heterocycles. The Morgan fingerprint density at radius 3 is 2.62 bits per heavy atom. The summed E-state index contributed by atoms with van der Waals surface area (Å²) in [6.45, 7) is 1.49. The maximum Gasteiger partial charge on any atom is 0.176 e. The van der Waals surface area contributed by atoms with Gasteiger partial charge in [-0.25, -0.2) is 0 Å². The molecule has 1 spiro atoms. The summed E-state index contributed by atoms with van der Waals surface area (Å²) in [7, 11) is 0. The summed E-state index contributed by atoms with van der Waals surface area (Å²) in [5.41, 5.74) is 0. The lowest BCUT2D eigenvalue weighted by Gasteiger charge is -2.49. The first-order chi connectivity index (χ1) is 7.84. The van der Waals surface area contributed by atoms with E-state index in [1.54, 1.807) is 0 Å². The second kappa shape index (κ2) is 1.91. The number of carbonyl (C=O) groups is 1. The Hall–Kier alpha value is -0.410. The Kier molecular flexibility index (Phi) is 0.933. The van der Waals surface area contributed by atoms with Crippen molar-refractivity contribution in [3.8, 4) is 0 Å². The molecular weight excluding hydrogens is 204 g/mol. The molecule has 3 nitrogen and oxygen atoms in total. The van der Waals surface area contributed by atoms with Gasteiger partial charge in [-0.1, -0.05) is 0 Å². The van der Waals surface area contributed by atoms with Crippen LogP contribution in [0.3, 0.4) is 0 Å². The Balaban J connectivity index is 1.66. The molecule has 3 heteroatoms. The highest BCUT2D eigenvalue weighted by molar-refractivity contribution is 5.91. The van der Waals surface area contributed by atoms with Crippen LogP contribution in [0.25, 0.3) is 0 Å². The van der Waals surface area contributed by atoms with E-state index in [1.807, 2.05) is 0 Å². The SMILES string of the molecule is O=C1[C@@H]2[C@H]3C[C@H]4[C@@H]5[C@@H]3[C@@H]1[C@@H]5C1(OCCO1)[C@H]42. The van der Waals surface area contributed by atoms with Gasteiger partial charge in [0.15, 0.2) is 5.79 Å². The van der Waals surface area contributed by atoms with Gasteiger partial charge in [0, 0.05) is 23.7 Å². The van der Waals surface area contributed by atoms with Gasteiger partial charge in [-0.3, -0.25) is 4.79 Å². The van der Waals surface area contributed by atoms with E-state index in [9.17, 15) is 4.79 Å². The van der Waals surface area contributed by atoms with Crippen LogP contribution in [-0.2, 0) is 14.3 Å². The number of Topliss-reactive ketones (excluding diaryl/α,β-unsaturated/α-hetero) is 1. The van der Waals surface area contributed by atoms with Crippen molar-refractivity contribution in [1.82, 2.24) is 0 Å². The van der Waals surface area contributed by atoms with E-state index >= 15 is 0 Å². The molecule has 0 aromatic carbocycles. The standard InChI is InChI=1S/C13H14O3/c14-12-8-4-3-5-7-6(4)9(12)11(7)13(10(5)8)15-1-2-16-13/h4-11H,1-3H2/t4-,5-,6+,7+,8+,9+,10+,11+/m0/s1. The molecule has 6 rings (SSSR count). The molecule has 6 aliphatic rings. The molecule has 0 radical (unpaired) electrons. The molecule has 84 valence electrons. The van der Waals surface area contributed by atoms with Gasteiger partial charge in [0.2, 0.25) is 0 Å². The number of carbonyl (C=O) groups excluding carboxylic acids is 1. The molecule has 5 aliphatic carbocycles. The van der Waals surface area contributed by atoms with Crippen molar-refractivity contribution in [3.05, 3.63) is 0 Å². The largest absolute Gasteiger partial charge is 0.347 e. The van der Waals surface area contributed by atoms with Crippen molar-refractivity contribution in [3.63, 3.8) is 0 Å². The molecule has 0 N–H and O–H groups in total. The highest BCUT2D eigenvalue weighted by Gasteiger charge is 2.89. The van der Waals surface area contributed by atoms with Crippen molar-refractivity contribution in [1.29, 1.82) is 0 Å². The fraction of sp³-hybridized carbons (Fsp3) is 0.923. The van der Waals surface area contributed by atoms with E-state index in [4.69, 9.17) is 9.47 Å². The predicted octanol–water partition coefficient (Wildman–Crippen LogP) is 0.686. The van der Waals surface area contributed by atoms with Crippen molar-refractivity contribution >= 4 is 5.78 Å². The molecule has 1 aliphatic heterocycles. The molecule has 1 heterocycles. The molecule has 16 heavy (non-hydrogen) atoms. The van der Waals surface area contributed by atoms with Gasteiger partial charge >= 0.3 is 0 Å². The van der Waals surface area contributed by atoms with E-state index in [0.717, 1.165) is 36.9 Å². The summed E-state index contributed by atoms with van der Waals surface area (Å²) in [6, 6.07) is 0. The van der Waals surface area contributed by atoms with Gasteiger partial charge in [0.1, 0.15) is 5.78 Å². The lowest BCUT2D eigenvalue weighted by atomic mass is 9.58. The highest BCUT2D eigenvalue weighted by Crippen LogP contribution is 2.85. The lowest BCUT2D eigenvalue weighted by Crippen LogP contribution is -2.58. The zero-order valence-corrected chi connectivity index (χ0v) is 8.96. The van der Waals surface area contributed by atoms with Crippen LogP contribution in [0.4, 0.5) is 0 Å². The van der Waals surface area contributed by atoms with Crippen molar-refractivity contribution < 1.29 is 14.3 Å². The summed E-state index contributed by atoms with van der Waals surface area (Å²) in [6.07, 6.45) is 1.30. The lowest BCUT2D eigenvalue weighted by molar-refractivity contribution is -0.252. The minimum Gasteiger partial charge on any atom is -0.347 e. The summed E-state index contributed by atoms with van der Waals surface area (Å²) >= 11 is 0. The Bertz CT molecular complexity index is 438. The Morgan fingerprint density at radius 1 is 1.00 bits per heavy atom. The van der Waals surface area contributed by atoms with Crippen LogP contribution in [0.15, 0.2) is 0 Å². The van der Waals surface area contributed by atoms with Crippen LogP contribution >= 0.6 is 0 Å². The number of hydrogen-bond donors (Lipinski definition) is 0. The van der Waals surface area contributed by atoms with E-state index in [0.29, 0.717) is 29.5 Å². The molecule has 8 atom stereocenters. The van der Waals surface area contributed by atoms with E-state index in [2.05, 4.69) is 0 Å². The summed E-state index contributed by atoms with van der Waals surface area (Å²) in [5, 5.41) is 0. The number of rotatable bonds is 0. The smallest absolute Gasteiger partial charge is 0.176 e. The second-order valence-corrected chi connectivity index (χ2v) is 6.64. The molecule has 0 unspecified atom stereocenters. The number of fused-ring (bicyclic) bond motifs is 4. The number of ketones is 1. The Morgan fingerprint density at radius 2 is 1.81 bits per heavy atom. The molecular formula is C13H14O3. The summed E-state index contributed by atoms with van der Waals surface area (Å²) < 4.78 is 12.1. The molecule has 0 amide bonds. The quantitative estimate of drug-likeness (QED) is 0.600. The van der Waals surface area contributed by atoms with E-state index in [-0.39, 0.29) is 5.79 Å². The Labute approximate surface area is 93.5 Å². The zero-order chi connectivity index (χ0) is 10.2. The predicted molar refractivity (Wildman–Crippen MR) is 52.2 cm³/mol. The highest BCUT2D eigenvalue weighted by atomic mass is 16.7. The van der Waals surface area contributed by atoms with Crippen molar-refractivity contribution in [2.24, 2.45) is 47.3 Å². The number of hydrogen-bond acceptors (Lipinski definition) is 3. The first kappa shape index (κ1) is 7.83. The summed E-state index contributed by atoms with van der Waals surface area (Å²) in [5.74, 6) is 4.88. The minimum absolute atomic E-state index is 0.291. The van der Waals surface area contributed by atoms with Crippen LogP contribution in [0.1, 0.15) is 6.42 Å². The van der Waals surface area contributed by atoms with Gasteiger partial charge < -0.3 is 9.47 Å². The monoisotopic (exact) mass is 218 g/mol. The van der Waals surface area contributed by atoms with Crippen molar-refractivity contribution in [2.45, 2.75) is 12.2 Å². The van der Waals surface area contributed by atoms with Crippen molar-refractivity contribution in [2.75, 3.05) is 13.2 Å². The third-order valence-electron chi connectivity index (χ3n) is 6.83. The van der Waals surface area contributed by atoms with Crippen LogP contribution in [-0.4, -0.2) is 24.8 Å².